The van der Waals surface area contributed by atoms with E-state index >= 15 is 0 Å². The van der Waals surface area contributed by atoms with Gasteiger partial charge >= 0.3 is 16.4 Å². The molecule has 0 amide bonds. The number of hydrogen-bond acceptors (Lipinski definition) is 7. The lowest BCUT2D eigenvalue weighted by Crippen LogP contribution is -2.39. The van der Waals surface area contributed by atoms with Crippen molar-refractivity contribution >= 4 is 35.5 Å². The van der Waals surface area contributed by atoms with Crippen molar-refractivity contribution in [2.75, 3.05) is 0 Å². The number of allylic oxidation sites excluding steroid dienone is 1. The zero-order valence-corrected chi connectivity index (χ0v) is 11.8. The molecule has 2 unspecified atom stereocenters. The molecule has 0 saturated carbocycles. The lowest BCUT2D eigenvalue weighted by molar-refractivity contribution is -0.193. The largest absolute Gasteiger partial charge is 0.403 e. The first-order chi connectivity index (χ1) is 8.93. The van der Waals surface area contributed by atoms with Crippen molar-refractivity contribution < 1.29 is 24.2 Å². The molecule has 2 heterocycles. The third-order valence-electron chi connectivity index (χ3n) is 2.68. The molecule has 0 radical (unpaired) electrons. The van der Waals surface area contributed by atoms with Crippen molar-refractivity contribution in [1.82, 2.24) is 0 Å². The number of hydrogen-bond donors (Lipinski definition) is 1. The molecule has 0 aromatic rings. The molecule has 2 aliphatic rings. The highest BCUT2D eigenvalue weighted by atomic mass is 32.2. The molecule has 0 aromatic heterocycles. The topological polar surface area (TPSA) is 72.8 Å². The summed E-state index contributed by atoms with van der Waals surface area (Å²) < 4.78 is 8.79. The number of carbonyl (C=O) groups is 2. The molecule has 2 atom stereocenters. The predicted molar refractivity (Wildman–Crippen MR) is 73.1 cm³/mol. The predicted octanol–water partition coefficient (Wildman–Crippen LogP) is 1.78. The molecule has 19 heavy (non-hydrogen) atoms. The fourth-order valence-electron chi connectivity index (χ4n) is 1.92. The van der Waals surface area contributed by atoms with Crippen LogP contribution in [0.25, 0.3) is 0 Å². The van der Waals surface area contributed by atoms with Gasteiger partial charge in [0, 0.05) is 6.42 Å². The quantitative estimate of drug-likeness (QED) is 0.482. The van der Waals surface area contributed by atoms with Crippen LogP contribution < -0.4 is 0 Å². The van der Waals surface area contributed by atoms with Crippen LogP contribution in [0.5, 0.6) is 0 Å². The third-order valence-corrected chi connectivity index (χ3v) is 5.91. The molecule has 5 nitrogen and oxygen atoms in total. The lowest BCUT2D eigenvalue weighted by Gasteiger charge is -2.31. The molecule has 0 aromatic carbocycles. The summed E-state index contributed by atoms with van der Waals surface area (Å²) in [6.45, 7) is 7.24. The van der Waals surface area contributed by atoms with Gasteiger partial charge in [0.25, 0.3) is 0 Å². The van der Waals surface area contributed by atoms with Gasteiger partial charge < -0.3 is 14.6 Å². The van der Waals surface area contributed by atoms with Gasteiger partial charge in [0.1, 0.15) is 11.4 Å². The normalized spacial score (nSPS) is 32.8. The van der Waals surface area contributed by atoms with Crippen LogP contribution in [0.2, 0.25) is 0 Å². The van der Waals surface area contributed by atoms with Crippen molar-refractivity contribution in [1.29, 1.82) is 0 Å². The molecular formula is C12H14O5S2. The second kappa shape index (κ2) is 5.22. The maximum Gasteiger partial charge on any atom is 0.361 e. The molecule has 0 bridgehead atoms. The summed E-state index contributed by atoms with van der Waals surface area (Å²) >= 11 is 2.05. The highest BCUT2D eigenvalue weighted by Gasteiger charge is 2.61. The van der Waals surface area contributed by atoms with E-state index in [0.717, 1.165) is 23.5 Å². The molecule has 2 rings (SSSR count). The fraction of sp³-hybridized carbons (Fsp3) is 0.500. The molecular weight excluding hydrogens is 288 g/mol. The van der Waals surface area contributed by atoms with E-state index < -0.39 is 27.7 Å². The van der Waals surface area contributed by atoms with Crippen LogP contribution in [-0.2, 0) is 19.1 Å². The Kier molecular flexibility index (Phi) is 3.98. The van der Waals surface area contributed by atoms with Gasteiger partial charge in [0.2, 0.25) is 0 Å². The maximum absolute atomic E-state index is 11.4. The van der Waals surface area contributed by atoms with Crippen LogP contribution >= 0.6 is 23.5 Å². The first-order valence-corrected chi connectivity index (χ1v) is 7.38. The van der Waals surface area contributed by atoms with Crippen molar-refractivity contribution in [3.8, 4) is 0 Å². The lowest BCUT2D eigenvalue weighted by atomic mass is 10.1. The van der Waals surface area contributed by atoms with E-state index in [1.165, 1.54) is 0 Å². The highest BCUT2D eigenvalue weighted by molar-refractivity contribution is 8.22. The fourth-order valence-corrected chi connectivity index (χ4v) is 5.45. The molecule has 2 fully saturated rings. The average Bonchev–Trinajstić information content (AvgIpc) is 2.50. The SMILES string of the molecule is C=CCC1SC2(OC(=O)CC(=O)O2)SC1(O)CC=C. The summed E-state index contributed by atoms with van der Waals surface area (Å²) in [7, 11) is 0. The second-order valence-electron chi connectivity index (χ2n) is 4.20. The number of rotatable bonds is 4. The Morgan fingerprint density at radius 1 is 1.32 bits per heavy atom. The Labute approximate surface area is 119 Å². The zero-order valence-electron chi connectivity index (χ0n) is 10.2. The van der Waals surface area contributed by atoms with Crippen LogP contribution in [0, 0.1) is 0 Å². The Bertz CT molecular complexity index is 420. The smallest absolute Gasteiger partial charge is 0.361 e. The van der Waals surface area contributed by atoms with Crippen molar-refractivity contribution in [2.24, 2.45) is 0 Å². The standard InChI is InChI=1S/C12H14O5S2/c1-3-5-8-11(15,6-4-2)19-12(18-8)16-9(13)7-10(14)17-12/h3-4,8,15H,1-2,5-7H2. The van der Waals surface area contributed by atoms with E-state index in [1.54, 1.807) is 12.2 Å². The van der Waals surface area contributed by atoms with Crippen LogP contribution in [0.4, 0.5) is 0 Å². The first kappa shape index (κ1) is 14.5. The molecule has 104 valence electrons. The Morgan fingerprint density at radius 2 is 1.95 bits per heavy atom. The summed E-state index contributed by atoms with van der Waals surface area (Å²) in [5, 5.41) is 10.3. The minimum Gasteiger partial charge on any atom is -0.403 e. The van der Waals surface area contributed by atoms with E-state index in [4.69, 9.17) is 9.47 Å². The molecule has 1 spiro atoms. The second-order valence-corrected chi connectivity index (χ2v) is 7.24. The van der Waals surface area contributed by atoms with Gasteiger partial charge in [-0.05, 0) is 18.2 Å². The summed E-state index contributed by atoms with van der Waals surface area (Å²) in [6, 6.07) is 0. The zero-order chi connectivity index (χ0) is 14.1. The minimum absolute atomic E-state index is 0.292. The number of thioether (sulfide) groups is 2. The Hall–Kier alpha value is -0.920. The third kappa shape index (κ3) is 2.82. The van der Waals surface area contributed by atoms with Crippen LogP contribution in [0.1, 0.15) is 19.3 Å². The monoisotopic (exact) mass is 302 g/mol. The van der Waals surface area contributed by atoms with Crippen molar-refractivity contribution in [3.05, 3.63) is 25.3 Å². The van der Waals surface area contributed by atoms with Gasteiger partial charge in [0.05, 0.1) is 5.25 Å². The van der Waals surface area contributed by atoms with E-state index in [9.17, 15) is 14.7 Å². The van der Waals surface area contributed by atoms with Crippen LogP contribution in [-0.4, -0.2) is 31.7 Å². The number of aliphatic hydroxyl groups is 1. The van der Waals surface area contributed by atoms with Crippen LogP contribution in [0.3, 0.4) is 0 Å². The molecule has 0 aliphatic carbocycles. The van der Waals surface area contributed by atoms with Gasteiger partial charge in [0.15, 0.2) is 0 Å². The summed E-state index contributed by atoms with van der Waals surface area (Å²) in [6.07, 6.45) is 3.64. The van der Waals surface area contributed by atoms with Gasteiger partial charge in [-0.2, -0.15) is 0 Å². The maximum atomic E-state index is 11.4. The van der Waals surface area contributed by atoms with E-state index in [2.05, 4.69) is 13.2 Å². The molecule has 2 saturated heterocycles. The molecule has 2 aliphatic heterocycles. The van der Waals surface area contributed by atoms with E-state index in [-0.39, 0.29) is 5.25 Å². The van der Waals surface area contributed by atoms with E-state index in [0.29, 0.717) is 12.8 Å². The molecule has 7 heteroatoms. The van der Waals surface area contributed by atoms with Gasteiger partial charge in [-0.15, -0.1) is 13.2 Å². The summed E-state index contributed by atoms with van der Waals surface area (Å²) in [5.74, 6) is -1.28. The minimum atomic E-state index is -1.49. The van der Waals surface area contributed by atoms with Crippen molar-refractivity contribution in [3.63, 3.8) is 0 Å². The van der Waals surface area contributed by atoms with Gasteiger partial charge in [-0.1, -0.05) is 23.9 Å². The first-order valence-electron chi connectivity index (χ1n) is 5.69. The summed E-state index contributed by atoms with van der Waals surface area (Å²) in [4.78, 5) is 21.6. The van der Waals surface area contributed by atoms with Crippen LogP contribution in [0.15, 0.2) is 25.3 Å². The highest BCUT2D eigenvalue weighted by Crippen LogP contribution is 2.61. The summed E-state index contributed by atoms with van der Waals surface area (Å²) in [5.41, 5.74) is 0. The van der Waals surface area contributed by atoms with Gasteiger partial charge in [-0.3, -0.25) is 9.59 Å². The molecule has 1 N–H and O–H groups in total. The van der Waals surface area contributed by atoms with E-state index in [1.807, 2.05) is 0 Å². The Morgan fingerprint density at radius 3 is 2.47 bits per heavy atom. The average molecular weight is 302 g/mol. The number of esters is 2. The van der Waals surface area contributed by atoms with Gasteiger partial charge in [-0.25, -0.2) is 0 Å². The van der Waals surface area contributed by atoms with Crippen molar-refractivity contribution in [2.45, 2.75) is 33.9 Å². The number of carbonyl (C=O) groups excluding carboxylic acids is 2. The number of ether oxygens (including phenoxy) is 2. The Balaban J connectivity index is 2.25.